The minimum atomic E-state index is -0.141. The van der Waals surface area contributed by atoms with Crippen LogP contribution in [0.15, 0.2) is 12.1 Å². The summed E-state index contributed by atoms with van der Waals surface area (Å²) < 4.78 is 0. The molecule has 114 valence electrons. The topological polar surface area (TPSA) is 60.7 Å². The van der Waals surface area contributed by atoms with E-state index in [1.54, 1.807) is 12.1 Å². The van der Waals surface area contributed by atoms with Gasteiger partial charge in [0, 0.05) is 0 Å². The molecule has 0 amide bonds. The molecule has 3 nitrogen and oxygen atoms in total. The highest BCUT2D eigenvalue weighted by Gasteiger charge is 2.54. The summed E-state index contributed by atoms with van der Waals surface area (Å²) in [4.78, 5) is 0. The van der Waals surface area contributed by atoms with Crippen molar-refractivity contribution in [2.24, 2.45) is 17.3 Å². The summed E-state index contributed by atoms with van der Waals surface area (Å²) in [6.45, 7) is 2.27. The van der Waals surface area contributed by atoms with Crippen LogP contribution in [0, 0.1) is 17.3 Å². The van der Waals surface area contributed by atoms with Crippen LogP contribution in [-0.4, -0.2) is 21.4 Å². The molecule has 1 aromatic carbocycles. The molecule has 0 aliphatic heterocycles. The Balaban J connectivity index is 1.73. The molecule has 0 radical (unpaired) electrons. The molecule has 0 aromatic heterocycles. The molecule has 3 heteroatoms. The van der Waals surface area contributed by atoms with Gasteiger partial charge in [0.05, 0.1) is 6.10 Å². The summed E-state index contributed by atoms with van der Waals surface area (Å²) in [6.07, 6.45) is 6.23. The van der Waals surface area contributed by atoms with Gasteiger partial charge in [-0.15, -0.1) is 0 Å². The van der Waals surface area contributed by atoms with E-state index in [4.69, 9.17) is 0 Å². The average Bonchev–Trinajstić information content (AvgIpc) is 2.76. The summed E-state index contributed by atoms with van der Waals surface area (Å²) >= 11 is 0. The molecule has 0 saturated heterocycles. The third-order valence-corrected chi connectivity index (χ3v) is 6.77. The van der Waals surface area contributed by atoms with Crippen LogP contribution >= 0.6 is 0 Å². The zero-order valence-electron chi connectivity index (χ0n) is 12.5. The number of benzene rings is 1. The fourth-order valence-corrected chi connectivity index (χ4v) is 5.57. The predicted molar refractivity (Wildman–Crippen MR) is 80.4 cm³/mol. The number of fused-ring (bicyclic) bond motifs is 5. The van der Waals surface area contributed by atoms with Gasteiger partial charge >= 0.3 is 0 Å². The van der Waals surface area contributed by atoms with Gasteiger partial charge < -0.3 is 15.3 Å². The van der Waals surface area contributed by atoms with Crippen LogP contribution in [0.2, 0.25) is 0 Å². The summed E-state index contributed by atoms with van der Waals surface area (Å²) in [5.41, 5.74) is 2.54. The van der Waals surface area contributed by atoms with Gasteiger partial charge in [-0.3, -0.25) is 0 Å². The first-order valence-electron chi connectivity index (χ1n) is 8.23. The van der Waals surface area contributed by atoms with Crippen molar-refractivity contribution < 1.29 is 15.3 Å². The van der Waals surface area contributed by atoms with Crippen molar-refractivity contribution in [2.45, 2.75) is 57.5 Å². The van der Waals surface area contributed by atoms with Crippen LogP contribution in [0.5, 0.6) is 11.5 Å². The highest BCUT2D eigenvalue weighted by molar-refractivity contribution is 5.48. The van der Waals surface area contributed by atoms with Gasteiger partial charge in [0.15, 0.2) is 11.5 Å². The second kappa shape index (κ2) is 4.39. The number of rotatable bonds is 0. The van der Waals surface area contributed by atoms with Gasteiger partial charge in [0.25, 0.3) is 0 Å². The van der Waals surface area contributed by atoms with Gasteiger partial charge in [-0.1, -0.05) is 6.92 Å². The van der Waals surface area contributed by atoms with E-state index in [-0.39, 0.29) is 23.0 Å². The Hall–Kier alpha value is -1.22. The minimum absolute atomic E-state index is 0.00383. The van der Waals surface area contributed by atoms with E-state index in [2.05, 4.69) is 6.92 Å². The Morgan fingerprint density at radius 2 is 1.81 bits per heavy atom. The second-order valence-corrected chi connectivity index (χ2v) is 7.59. The van der Waals surface area contributed by atoms with Crippen molar-refractivity contribution >= 4 is 0 Å². The molecule has 1 aromatic rings. The van der Waals surface area contributed by atoms with Crippen LogP contribution in [-0.2, 0) is 6.42 Å². The molecule has 0 unspecified atom stereocenters. The van der Waals surface area contributed by atoms with Crippen LogP contribution in [0.3, 0.4) is 0 Å². The Labute approximate surface area is 125 Å². The van der Waals surface area contributed by atoms with Crippen LogP contribution < -0.4 is 0 Å². The lowest BCUT2D eigenvalue weighted by Gasteiger charge is -2.50. The van der Waals surface area contributed by atoms with Crippen molar-refractivity contribution in [1.29, 1.82) is 0 Å². The van der Waals surface area contributed by atoms with Gasteiger partial charge in [-0.2, -0.15) is 0 Å². The standard InChI is InChI=1S/C18H24O3/c1-18-7-6-11-12(14(18)4-5-17(18)21)3-2-10-8-15(19)16(20)9-13(10)11/h8-9,11-12,14,17,19-21H,2-7H2,1H3/t11-,12-,14-,17-,18+/m0/s1. The van der Waals surface area contributed by atoms with E-state index in [1.807, 2.05) is 0 Å². The molecular weight excluding hydrogens is 264 g/mol. The van der Waals surface area contributed by atoms with Crippen molar-refractivity contribution in [3.63, 3.8) is 0 Å². The van der Waals surface area contributed by atoms with Crippen molar-refractivity contribution in [2.75, 3.05) is 0 Å². The Morgan fingerprint density at radius 1 is 1.05 bits per heavy atom. The number of hydrogen-bond acceptors (Lipinski definition) is 3. The Bertz CT molecular complexity index is 582. The largest absolute Gasteiger partial charge is 0.504 e. The van der Waals surface area contributed by atoms with Gasteiger partial charge in [0.1, 0.15) is 0 Å². The van der Waals surface area contributed by atoms with E-state index in [9.17, 15) is 15.3 Å². The number of aromatic hydroxyl groups is 2. The maximum atomic E-state index is 10.4. The fraction of sp³-hybridized carbons (Fsp3) is 0.667. The molecular formula is C18H24O3. The highest BCUT2D eigenvalue weighted by atomic mass is 16.3. The molecule has 0 heterocycles. The maximum Gasteiger partial charge on any atom is 0.157 e. The molecule has 0 bridgehead atoms. The molecule has 3 aliphatic carbocycles. The number of aryl methyl sites for hydroxylation is 1. The molecule has 2 saturated carbocycles. The number of aliphatic hydroxyl groups excluding tert-OH is 1. The fourth-order valence-electron chi connectivity index (χ4n) is 5.57. The summed E-state index contributed by atoms with van der Waals surface area (Å²) in [5.74, 6) is 1.73. The number of aliphatic hydroxyl groups is 1. The summed E-state index contributed by atoms with van der Waals surface area (Å²) in [7, 11) is 0. The third kappa shape index (κ3) is 1.76. The average molecular weight is 288 g/mol. The lowest BCUT2D eigenvalue weighted by molar-refractivity contribution is -0.0226. The number of hydrogen-bond donors (Lipinski definition) is 3. The molecule has 3 N–H and O–H groups in total. The third-order valence-electron chi connectivity index (χ3n) is 6.77. The van der Waals surface area contributed by atoms with E-state index < -0.39 is 0 Å². The molecule has 5 atom stereocenters. The van der Waals surface area contributed by atoms with Gasteiger partial charge in [-0.05, 0) is 85.0 Å². The van der Waals surface area contributed by atoms with E-state index >= 15 is 0 Å². The normalized spacial score (nSPS) is 41.2. The zero-order chi connectivity index (χ0) is 14.8. The molecule has 3 aliphatic rings. The van der Waals surface area contributed by atoms with Gasteiger partial charge in [-0.25, -0.2) is 0 Å². The monoisotopic (exact) mass is 288 g/mol. The van der Waals surface area contributed by atoms with E-state index in [0.717, 1.165) is 38.5 Å². The van der Waals surface area contributed by atoms with Crippen LogP contribution in [0.4, 0.5) is 0 Å². The summed E-state index contributed by atoms with van der Waals surface area (Å²) in [6, 6.07) is 3.54. The maximum absolute atomic E-state index is 10.4. The lowest BCUT2D eigenvalue weighted by Crippen LogP contribution is -2.43. The summed E-state index contributed by atoms with van der Waals surface area (Å²) in [5, 5.41) is 29.9. The first-order chi connectivity index (χ1) is 10.0. The smallest absolute Gasteiger partial charge is 0.157 e. The first kappa shape index (κ1) is 13.4. The number of phenolic OH excluding ortho intramolecular Hbond substituents is 2. The SMILES string of the molecule is C[C@@]12CC[C@@H]3c4cc(O)c(O)cc4CC[C@@H]3[C@@H]1CC[C@@H]2O. The predicted octanol–water partition coefficient (Wildman–Crippen LogP) is 3.31. The Kier molecular flexibility index (Phi) is 2.81. The van der Waals surface area contributed by atoms with Crippen LogP contribution in [0.25, 0.3) is 0 Å². The molecule has 4 rings (SSSR count). The molecule has 2 fully saturated rings. The van der Waals surface area contributed by atoms with Crippen molar-refractivity contribution in [1.82, 2.24) is 0 Å². The van der Waals surface area contributed by atoms with Gasteiger partial charge in [0.2, 0.25) is 0 Å². The van der Waals surface area contributed by atoms with Crippen molar-refractivity contribution in [3.05, 3.63) is 23.3 Å². The number of phenols is 2. The quantitative estimate of drug-likeness (QED) is 0.642. The lowest BCUT2D eigenvalue weighted by atomic mass is 9.55. The van der Waals surface area contributed by atoms with Crippen molar-refractivity contribution in [3.8, 4) is 11.5 Å². The second-order valence-electron chi connectivity index (χ2n) is 7.59. The minimum Gasteiger partial charge on any atom is -0.504 e. The first-order valence-corrected chi connectivity index (χ1v) is 8.23. The highest BCUT2D eigenvalue weighted by Crippen LogP contribution is 2.61. The molecule has 21 heavy (non-hydrogen) atoms. The van der Waals surface area contributed by atoms with Crippen LogP contribution in [0.1, 0.15) is 56.1 Å². The zero-order valence-corrected chi connectivity index (χ0v) is 12.5. The van der Waals surface area contributed by atoms with E-state index in [1.165, 1.54) is 11.1 Å². The molecule has 0 spiro atoms. The Morgan fingerprint density at radius 3 is 2.62 bits per heavy atom. The van der Waals surface area contributed by atoms with E-state index in [0.29, 0.717) is 17.8 Å².